The predicted molar refractivity (Wildman–Crippen MR) is 142 cm³/mol. The Morgan fingerprint density at radius 1 is 0.943 bits per heavy atom. The summed E-state index contributed by atoms with van der Waals surface area (Å²) in [6.45, 7) is 2.02. The quantitative estimate of drug-likeness (QED) is 0.275. The molecule has 0 saturated heterocycles. The number of rotatable bonds is 6. The fraction of sp³-hybridized carbons (Fsp3) is 0.100. The number of aryl methyl sites for hydroxylation is 1. The van der Waals surface area contributed by atoms with E-state index in [0.29, 0.717) is 23.1 Å². The summed E-state index contributed by atoms with van der Waals surface area (Å²) in [5, 5.41) is 1.88. The molecule has 0 saturated carbocycles. The highest BCUT2D eigenvalue weighted by Crippen LogP contribution is 2.37. The number of carbonyl (C=O) groups excluding carboxylic acids is 1. The second-order valence-electron chi connectivity index (χ2n) is 8.47. The molecule has 0 fully saturated rings. The van der Waals surface area contributed by atoms with Crippen molar-refractivity contribution in [2.24, 2.45) is 5.73 Å². The highest BCUT2D eigenvalue weighted by molar-refractivity contribution is 7.15. The van der Waals surface area contributed by atoms with E-state index >= 15 is 0 Å². The SMILES string of the molecule is COc1ccc(-c2ccc(Cc3c(C(N)=O)c(-c4ccccc4F)cc4ccccc34)s2)cc1C. The second kappa shape index (κ2) is 9.35. The van der Waals surface area contributed by atoms with Crippen LogP contribution in [0.25, 0.3) is 32.3 Å². The molecular formula is C30H24FNO2S. The molecule has 1 heterocycles. The minimum atomic E-state index is -0.563. The number of ether oxygens (including phenoxy) is 1. The van der Waals surface area contributed by atoms with Crippen molar-refractivity contribution < 1.29 is 13.9 Å². The van der Waals surface area contributed by atoms with Crippen LogP contribution in [0.5, 0.6) is 5.75 Å². The van der Waals surface area contributed by atoms with Crippen molar-refractivity contribution >= 4 is 28.0 Å². The molecule has 0 aliphatic rings. The lowest BCUT2D eigenvalue weighted by molar-refractivity contribution is 0.100. The van der Waals surface area contributed by atoms with Crippen LogP contribution >= 0.6 is 11.3 Å². The van der Waals surface area contributed by atoms with Crippen LogP contribution in [0, 0.1) is 12.7 Å². The summed E-state index contributed by atoms with van der Waals surface area (Å²) in [6, 6.07) is 26.5. The maximum Gasteiger partial charge on any atom is 0.249 e. The van der Waals surface area contributed by atoms with Crippen LogP contribution in [-0.4, -0.2) is 13.0 Å². The Bertz CT molecular complexity index is 1570. The largest absolute Gasteiger partial charge is 0.496 e. The van der Waals surface area contributed by atoms with Crippen LogP contribution in [0.2, 0.25) is 0 Å². The van der Waals surface area contributed by atoms with Gasteiger partial charge < -0.3 is 10.5 Å². The van der Waals surface area contributed by atoms with Gasteiger partial charge in [-0.05, 0) is 82.4 Å². The maximum absolute atomic E-state index is 14.8. The number of hydrogen-bond acceptors (Lipinski definition) is 3. The van der Waals surface area contributed by atoms with E-state index in [1.165, 1.54) is 6.07 Å². The third kappa shape index (κ3) is 4.31. The van der Waals surface area contributed by atoms with Crippen LogP contribution in [0.1, 0.15) is 26.4 Å². The summed E-state index contributed by atoms with van der Waals surface area (Å²) in [5.41, 5.74) is 10.2. The van der Waals surface area contributed by atoms with Crippen molar-refractivity contribution in [3.8, 4) is 27.3 Å². The zero-order chi connectivity index (χ0) is 24.5. The lowest BCUT2D eigenvalue weighted by Gasteiger charge is -2.16. The Kier molecular flexibility index (Phi) is 6.10. The lowest BCUT2D eigenvalue weighted by Crippen LogP contribution is -2.16. The molecule has 0 unspecified atom stereocenters. The van der Waals surface area contributed by atoms with Gasteiger partial charge in [0, 0.05) is 21.7 Å². The van der Waals surface area contributed by atoms with Gasteiger partial charge in [-0.2, -0.15) is 0 Å². The number of methoxy groups -OCH3 is 1. The number of nitrogens with two attached hydrogens (primary N) is 1. The molecular weight excluding hydrogens is 457 g/mol. The van der Waals surface area contributed by atoms with Crippen molar-refractivity contribution in [3.63, 3.8) is 0 Å². The highest BCUT2D eigenvalue weighted by atomic mass is 32.1. The highest BCUT2D eigenvalue weighted by Gasteiger charge is 2.21. The van der Waals surface area contributed by atoms with Gasteiger partial charge in [0.2, 0.25) is 5.91 Å². The van der Waals surface area contributed by atoms with Gasteiger partial charge in [-0.3, -0.25) is 4.79 Å². The molecule has 5 rings (SSSR count). The number of thiophene rings is 1. The van der Waals surface area contributed by atoms with Gasteiger partial charge in [-0.25, -0.2) is 4.39 Å². The topological polar surface area (TPSA) is 52.3 Å². The molecule has 174 valence electrons. The van der Waals surface area contributed by atoms with Gasteiger partial charge in [0.25, 0.3) is 0 Å². The Hall–Kier alpha value is -3.96. The number of halogens is 1. The van der Waals surface area contributed by atoms with Gasteiger partial charge in [-0.1, -0.05) is 42.5 Å². The monoisotopic (exact) mass is 481 g/mol. The minimum absolute atomic E-state index is 0.365. The molecule has 0 aliphatic carbocycles. The van der Waals surface area contributed by atoms with Crippen molar-refractivity contribution in [2.75, 3.05) is 7.11 Å². The number of fused-ring (bicyclic) bond motifs is 1. The van der Waals surface area contributed by atoms with Crippen LogP contribution in [0.3, 0.4) is 0 Å². The molecule has 0 spiro atoms. The Labute approximate surface area is 207 Å². The van der Waals surface area contributed by atoms with Gasteiger partial charge in [0.05, 0.1) is 12.7 Å². The number of benzene rings is 4. The van der Waals surface area contributed by atoms with E-state index in [2.05, 4.69) is 18.2 Å². The summed E-state index contributed by atoms with van der Waals surface area (Å²) in [6.07, 6.45) is 0.515. The van der Waals surface area contributed by atoms with E-state index in [9.17, 15) is 9.18 Å². The summed E-state index contributed by atoms with van der Waals surface area (Å²) in [7, 11) is 1.67. The van der Waals surface area contributed by atoms with Crippen molar-refractivity contribution in [1.82, 2.24) is 0 Å². The smallest absolute Gasteiger partial charge is 0.249 e. The number of hydrogen-bond donors (Lipinski definition) is 1. The van der Waals surface area contributed by atoms with E-state index in [1.54, 1.807) is 36.6 Å². The third-order valence-electron chi connectivity index (χ3n) is 6.26. The van der Waals surface area contributed by atoms with E-state index < -0.39 is 5.91 Å². The minimum Gasteiger partial charge on any atom is -0.496 e. The van der Waals surface area contributed by atoms with E-state index in [1.807, 2.05) is 49.4 Å². The molecule has 0 aliphatic heterocycles. The number of primary amides is 1. The second-order valence-corrected chi connectivity index (χ2v) is 9.64. The first-order valence-electron chi connectivity index (χ1n) is 11.3. The lowest BCUT2D eigenvalue weighted by atomic mass is 9.88. The first kappa shape index (κ1) is 22.8. The molecule has 0 bridgehead atoms. The van der Waals surface area contributed by atoms with Gasteiger partial charge in [0.1, 0.15) is 11.6 Å². The average molecular weight is 482 g/mol. The molecule has 0 atom stereocenters. The summed E-state index contributed by atoms with van der Waals surface area (Å²) < 4.78 is 20.2. The normalized spacial score (nSPS) is 11.1. The van der Waals surface area contributed by atoms with Crippen molar-refractivity contribution in [1.29, 1.82) is 0 Å². The molecule has 5 aromatic rings. The van der Waals surface area contributed by atoms with Crippen LogP contribution in [-0.2, 0) is 6.42 Å². The van der Waals surface area contributed by atoms with Gasteiger partial charge >= 0.3 is 0 Å². The Balaban J connectivity index is 1.65. The molecule has 1 aromatic heterocycles. The molecule has 3 nitrogen and oxygen atoms in total. The first-order chi connectivity index (χ1) is 17.0. The van der Waals surface area contributed by atoms with E-state index in [-0.39, 0.29) is 5.82 Å². The molecule has 35 heavy (non-hydrogen) atoms. The zero-order valence-electron chi connectivity index (χ0n) is 19.5. The molecule has 4 aromatic carbocycles. The number of carbonyl (C=O) groups is 1. The fourth-order valence-electron chi connectivity index (χ4n) is 4.61. The molecule has 1 amide bonds. The molecule has 2 N–H and O–H groups in total. The standard InChI is InChI=1S/C30H24FNO2S/c1-18-15-20(11-13-27(18)34-2)28-14-12-21(35-28)17-25-22-8-4-3-7-19(22)16-24(29(25)30(32)33)23-9-5-6-10-26(23)31/h3-16H,17H2,1-2H3,(H2,32,33). The maximum atomic E-state index is 14.8. The van der Waals surface area contributed by atoms with Crippen LogP contribution < -0.4 is 10.5 Å². The summed E-state index contributed by atoms with van der Waals surface area (Å²) >= 11 is 1.67. The van der Waals surface area contributed by atoms with Crippen LogP contribution in [0.15, 0.2) is 84.9 Å². The third-order valence-corrected chi connectivity index (χ3v) is 7.39. The summed E-state index contributed by atoms with van der Waals surface area (Å²) in [5.74, 6) is -0.0934. The van der Waals surface area contributed by atoms with Gasteiger partial charge in [-0.15, -0.1) is 11.3 Å². The average Bonchev–Trinajstić information content (AvgIpc) is 3.32. The van der Waals surface area contributed by atoms with E-state index in [4.69, 9.17) is 10.5 Å². The Morgan fingerprint density at radius 2 is 1.71 bits per heavy atom. The molecule has 0 radical (unpaired) electrons. The van der Waals surface area contributed by atoms with Crippen LogP contribution in [0.4, 0.5) is 4.39 Å². The van der Waals surface area contributed by atoms with Gasteiger partial charge in [0.15, 0.2) is 0 Å². The number of amides is 1. The predicted octanol–water partition coefficient (Wildman–Crippen LogP) is 7.38. The molecule has 5 heteroatoms. The zero-order valence-corrected chi connectivity index (χ0v) is 20.3. The first-order valence-corrected chi connectivity index (χ1v) is 12.1. The Morgan fingerprint density at radius 3 is 2.46 bits per heavy atom. The van der Waals surface area contributed by atoms with E-state index in [0.717, 1.165) is 43.0 Å². The fourth-order valence-corrected chi connectivity index (χ4v) is 5.63. The summed E-state index contributed by atoms with van der Waals surface area (Å²) in [4.78, 5) is 15.0. The van der Waals surface area contributed by atoms with Crippen molar-refractivity contribution in [2.45, 2.75) is 13.3 Å². The van der Waals surface area contributed by atoms with Crippen molar-refractivity contribution in [3.05, 3.63) is 112 Å².